The molecule has 0 unspecified atom stereocenters. The maximum absolute atomic E-state index is 11.5. The summed E-state index contributed by atoms with van der Waals surface area (Å²) in [5, 5.41) is 11.3. The average Bonchev–Trinajstić information content (AvgIpc) is 2.29. The third-order valence-electron chi connectivity index (χ3n) is 1.94. The lowest BCUT2D eigenvalue weighted by molar-refractivity contribution is -0.136. The zero-order valence-electron chi connectivity index (χ0n) is 9.14. The maximum atomic E-state index is 11.5. The first-order valence-corrected chi connectivity index (χ1v) is 6.31. The number of halogens is 1. The number of benzene rings is 1. The van der Waals surface area contributed by atoms with Crippen LogP contribution in [0.15, 0.2) is 24.3 Å². The number of rotatable bonds is 5. The van der Waals surface area contributed by atoms with E-state index in [4.69, 9.17) is 16.7 Å². The van der Waals surface area contributed by atoms with Gasteiger partial charge in [0.2, 0.25) is 5.91 Å². The van der Waals surface area contributed by atoms with Crippen molar-refractivity contribution in [2.45, 2.75) is 12.2 Å². The predicted molar refractivity (Wildman–Crippen MR) is 69.6 cm³/mol. The molecule has 1 amide bonds. The van der Waals surface area contributed by atoms with Crippen molar-refractivity contribution in [2.24, 2.45) is 0 Å². The van der Waals surface area contributed by atoms with Gasteiger partial charge in [-0.15, -0.1) is 11.8 Å². The number of carboxylic acids is 1. The number of amides is 1. The van der Waals surface area contributed by atoms with Gasteiger partial charge in [0.05, 0.1) is 11.0 Å². The van der Waals surface area contributed by atoms with E-state index >= 15 is 0 Å². The van der Waals surface area contributed by atoms with Crippen molar-refractivity contribution in [1.29, 1.82) is 0 Å². The van der Waals surface area contributed by atoms with E-state index in [-0.39, 0.29) is 11.7 Å². The van der Waals surface area contributed by atoms with Gasteiger partial charge in [-0.2, -0.15) is 0 Å². The van der Waals surface area contributed by atoms with Crippen LogP contribution in [0.1, 0.15) is 6.92 Å². The van der Waals surface area contributed by atoms with Crippen LogP contribution < -0.4 is 5.32 Å². The van der Waals surface area contributed by atoms with Gasteiger partial charge < -0.3 is 10.4 Å². The molecule has 6 heteroatoms. The highest BCUT2D eigenvalue weighted by molar-refractivity contribution is 8.01. The van der Waals surface area contributed by atoms with Gasteiger partial charge in [-0.3, -0.25) is 9.59 Å². The predicted octanol–water partition coefficient (Wildman–Crippen LogP) is 2.48. The lowest BCUT2D eigenvalue weighted by Gasteiger charge is -2.07. The Labute approximate surface area is 108 Å². The highest BCUT2D eigenvalue weighted by Crippen LogP contribution is 2.15. The number of hydrogen-bond acceptors (Lipinski definition) is 3. The minimum atomic E-state index is -0.922. The first-order valence-electron chi connectivity index (χ1n) is 4.89. The SMILES string of the molecule is C[C@H](SCC(=O)Nc1ccc(Cl)cc1)C(=O)O. The number of aliphatic carboxylic acids is 1. The number of carbonyl (C=O) groups is 2. The number of carbonyl (C=O) groups excluding carboxylic acids is 1. The van der Waals surface area contributed by atoms with Crippen LogP contribution in [0.4, 0.5) is 5.69 Å². The van der Waals surface area contributed by atoms with E-state index in [1.54, 1.807) is 31.2 Å². The van der Waals surface area contributed by atoms with E-state index in [2.05, 4.69) is 5.32 Å². The molecule has 0 aromatic heterocycles. The van der Waals surface area contributed by atoms with E-state index in [0.717, 1.165) is 11.8 Å². The summed E-state index contributed by atoms with van der Waals surface area (Å²) in [6.45, 7) is 1.54. The summed E-state index contributed by atoms with van der Waals surface area (Å²) in [6.07, 6.45) is 0. The summed E-state index contributed by atoms with van der Waals surface area (Å²) >= 11 is 6.78. The van der Waals surface area contributed by atoms with Crippen LogP contribution in [0, 0.1) is 0 Å². The molecule has 2 N–H and O–H groups in total. The van der Waals surface area contributed by atoms with Gasteiger partial charge in [-0.1, -0.05) is 11.6 Å². The van der Waals surface area contributed by atoms with E-state index < -0.39 is 11.2 Å². The largest absolute Gasteiger partial charge is 0.480 e. The van der Waals surface area contributed by atoms with E-state index in [1.165, 1.54) is 0 Å². The molecule has 0 radical (unpaired) electrons. The van der Waals surface area contributed by atoms with Crippen LogP contribution >= 0.6 is 23.4 Å². The lowest BCUT2D eigenvalue weighted by Crippen LogP contribution is -2.19. The molecule has 0 saturated carbocycles. The molecule has 17 heavy (non-hydrogen) atoms. The Hall–Kier alpha value is -1.20. The summed E-state index contributed by atoms with van der Waals surface area (Å²) in [7, 11) is 0. The molecule has 4 nitrogen and oxygen atoms in total. The monoisotopic (exact) mass is 273 g/mol. The van der Waals surface area contributed by atoms with Crippen molar-refractivity contribution < 1.29 is 14.7 Å². The Kier molecular flexibility index (Phi) is 5.31. The smallest absolute Gasteiger partial charge is 0.316 e. The molecule has 1 aromatic carbocycles. The van der Waals surface area contributed by atoms with Crippen LogP contribution in [-0.4, -0.2) is 28.0 Å². The van der Waals surface area contributed by atoms with E-state index in [0.29, 0.717) is 10.7 Å². The second-order valence-electron chi connectivity index (χ2n) is 3.35. The number of hydrogen-bond donors (Lipinski definition) is 2. The molecule has 0 aliphatic heterocycles. The second kappa shape index (κ2) is 6.51. The Morgan fingerprint density at radius 1 is 1.41 bits per heavy atom. The Morgan fingerprint density at radius 2 is 2.00 bits per heavy atom. The normalized spacial score (nSPS) is 11.9. The highest BCUT2D eigenvalue weighted by atomic mass is 35.5. The number of carboxylic acid groups (broad SMARTS) is 1. The van der Waals surface area contributed by atoms with Gasteiger partial charge in [-0.05, 0) is 31.2 Å². The summed E-state index contributed by atoms with van der Waals surface area (Å²) in [4.78, 5) is 22.0. The van der Waals surface area contributed by atoms with Crippen LogP contribution in [0.25, 0.3) is 0 Å². The molecule has 0 fully saturated rings. The zero-order chi connectivity index (χ0) is 12.8. The Bertz CT molecular complexity index is 408. The van der Waals surface area contributed by atoms with E-state index in [1.807, 2.05) is 0 Å². The van der Waals surface area contributed by atoms with E-state index in [9.17, 15) is 9.59 Å². The molecule has 0 aliphatic rings. The number of anilines is 1. The van der Waals surface area contributed by atoms with Crippen LogP contribution in [0.2, 0.25) is 5.02 Å². The summed E-state index contributed by atoms with van der Waals surface area (Å²) in [6, 6.07) is 6.71. The molecule has 1 atom stereocenters. The minimum Gasteiger partial charge on any atom is -0.480 e. The molecule has 0 spiro atoms. The fourth-order valence-electron chi connectivity index (χ4n) is 1.00. The lowest BCUT2D eigenvalue weighted by atomic mass is 10.3. The van der Waals surface area contributed by atoms with Gasteiger partial charge in [0, 0.05) is 10.7 Å². The number of nitrogens with one attached hydrogen (secondary N) is 1. The maximum Gasteiger partial charge on any atom is 0.316 e. The van der Waals surface area contributed by atoms with Gasteiger partial charge >= 0.3 is 5.97 Å². The molecule has 0 saturated heterocycles. The van der Waals surface area contributed by atoms with Gasteiger partial charge in [-0.25, -0.2) is 0 Å². The molecular weight excluding hydrogens is 262 g/mol. The van der Waals surface area contributed by atoms with Crippen molar-refractivity contribution >= 4 is 40.9 Å². The molecule has 0 heterocycles. The Morgan fingerprint density at radius 3 is 2.53 bits per heavy atom. The van der Waals surface area contributed by atoms with Crippen molar-refractivity contribution in [3.8, 4) is 0 Å². The van der Waals surface area contributed by atoms with Crippen molar-refractivity contribution in [1.82, 2.24) is 0 Å². The second-order valence-corrected chi connectivity index (χ2v) is 5.11. The third kappa shape index (κ3) is 5.10. The minimum absolute atomic E-state index is 0.107. The van der Waals surface area contributed by atoms with Crippen LogP contribution in [0.5, 0.6) is 0 Å². The molecule has 1 aromatic rings. The van der Waals surface area contributed by atoms with Crippen LogP contribution in [-0.2, 0) is 9.59 Å². The summed E-state index contributed by atoms with van der Waals surface area (Å²) in [5.74, 6) is -1.05. The van der Waals surface area contributed by atoms with Crippen LogP contribution in [0.3, 0.4) is 0 Å². The van der Waals surface area contributed by atoms with Gasteiger partial charge in [0.25, 0.3) is 0 Å². The Balaban J connectivity index is 2.39. The molecule has 92 valence electrons. The first-order chi connectivity index (χ1) is 7.99. The highest BCUT2D eigenvalue weighted by Gasteiger charge is 2.13. The van der Waals surface area contributed by atoms with Crippen molar-refractivity contribution in [2.75, 3.05) is 11.1 Å². The topological polar surface area (TPSA) is 66.4 Å². The standard InChI is InChI=1S/C11H12ClNO3S/c1-7(11(15)16)17-6-10(14)13-9-4-2-8(12)3-5-9/h2-5,7H,6H2,1H3,(H,13,14)(H,15,16)/t7-/m0/s1. The molecule has 0 aliphatic carbocycles. The molecular formula is C11H12ClNO3S. The summed E-state index contributed by atoms with van der Waals surface area (Å²) in [5.41, 5.74) is 0.642. The molecule has 0 bridgehead atoms. The quantitative estimate of drug-likeness (QED) is 0.865. The fraction of sp³-hybridized carbons (Fsp3) is 0.273. The van der Waals surface area contributed by atoms with Gasteiger partial charge in [0.1, 0.15) is 0 Å². The fourth-order valence-corrected chi connectivity index (χ4v) is 1.74. The number of thioether (sulfide) groups is 1. The van der Waals surface area contributed by atoms with Gasteiger partial charge in [0.15, 0.2) is 0 Å². The third-order valence-corrected chi connectivity index (χ3v) is 3.32. The first kappa shape index (κ1) is 13.9. The zero-order valence-corrected chi connectivity index (χ0v) is 10.7. The van der Waals surface area contributed by atoms with Crippen molar-refractivity contribution in [3.63, 3.8) is 0 Å². The molecule has 1 rings (SSSR count). The average molecular weight is 274 g/mol. The van der Waals surface area contributed by atoms with Crippen molar-refractivity contribution in [3.05, 3.63) is 29.3 Å². The summed E-state index contributed by atoms with van der Waals surface area (Å²) < 4.78 is 0.